The summed E-state index contributed by atoms with van der Waals surface area (Å²) < 4.78 is 6.21. The molecular formula is C31H32N4O2. The van der Waals surface area contributed by atoms with Gasteiger partial charge in [0.2, 0.25) is 5.91 Å². The minimum absolute atomic E-state index is 0.0274. The van der Waals surface area contributed by atoms with E-state index >= 15 is 0 Å². The zero-order valence-corrected chi connectivity index (χ0v) is 21.1. The Morgan fingerprint density at radius 3 is 2.54 bits per heavy atom. The number of hydrogen-bond donors (Lipinski definition) is 1. The van der Waals surface area contributed by atoms with Crippen molar-refractivity contribution in [1.29, 1.82) is 0 Å². The standard InChI is InChI=1S/C31H32N4O2/c1-37-30-29(34-27(36)20-22-8-3-2-4-9-22)24-11-5-6-12-25(24)31(30)14-18-35(19-15-31)21-23-10-7-13-26-28(23)33-17-16-32-26/h2-13,16-17,29-30H,14-15,18-21H2,1H3,(H,34,36)/t29-,30+/m0/s1. The van der Waals surface area contributed by atoms with Gasteiger partial charge in [0.05, 0.1) is 29.6 Å². The normalized spacial score (nSPS) is 20.7. The van der Waals surface area contributed by atoms with Gasteiger partial charge in [0.25, 0.3) is 0 Å². The van der Waals surface area contributed by atoms with Crippen molar-refractivity contribution in [3.05, 3.63) is 107 Å². The lowest BCUT2D eigenvalue weighted by molar-refractivity contribution is -0.122. The molecule has 6 nitrogen and oxygen atoms in total. The van der Waals surface area contributed by atoms with E-state index in [1.165, 1.54) is 16.7 Å². The van der Waals surface area contributed by atoms with Gasteiger partial charge in [-0.1, -0.05) is 66.7 Å². The summed E-state index contributed by atoms with van der Waals surface area (Å²) >= 11 is 0. The number of amides is 1. The Kier molecular flexibility index (Phi) is 6.45. The van der Waals surface area contributed by atoms with Crippen LogP contribution in [-0.4, -0.2) is 47.1 Å². The Labute approximate surface area is 217 Å². The number of para-hydroxylation sites is 1. The third kappa shape index (κ3) is 4.41. The zero-order valence-electron chi connectivity index (χ0n) is 21.1. The molecule has 1 aromatic heterocycles. The van der Waals surface area contributed by atoms with Gasteiger partial charge >= 0.3 is 0 Å². The van der Waals surface area contributed by atoms with Gasteiger partial charge in [-0.3, -0.25) is 19.7 Å². The Bertz CT molecular complexity index is 1390. The molecule has 6 heteroatoms. The fourth-order valence-electron chi connectivity index (χ4n) is 6.46. The van der Waals surface area contributed by atoms with Gasteiger partial charge < -0.3 is 10.1 Å². The molecule has 4 aromatic rings. The van der Waals surface area contributed by atoms with E-state index in [9.17, 15) is 4.79 Å². The Morgan fingerprint density at radius 1 is 0.973 bits per heavy atom. The van der Waals surface area contributed by atoms with Crippen LogP contribution in [0.4, 0.5) is 0 Å². The van der Waals surface area contributed by atoms with E-state index in [1.54, 1.807) is 19.5 Å². The predicted molar refractivity (Wildman–Crippen MR) is 144 cm³/mol. The number of nitrogens with one attached hydrogen (secondary N) is 1. The summed E-state index contributed by atoms with van der Waals surface area (Å²) in [6.07, 6.45) is 5.73. The van der Waals surface area contributed by atoms with Crippen LogP contribution in [0, 0.1) is 0 Å². The lowest BCUT2D eigenvalue weighted by Crippen LogP contribution is -2.50. The second kappa shape index (κ2) is 10.0. The van der Waals surface area contributed by atoms with Gasteiger partial charge in [-0.2, -0.15) is 0 Å². The Balaban J connectivity index is 1.21. The van der Waals surface area contributed by atoms with Crippen LogP contribution in [0.2, 0.25) is 0 Å². The van der Waals surface area contributed by atoms with Crippen molar-refractivity contribution < 1.29 is 9.53 Å². The average molecular weight is 493 g/mol. The third-order valence-electron chi connectivity index (χ3n) is 8.18. The first-order valence-corrected chi connectivity index (χ1v) is 13.0. The van der Waals surface area contributed by atoms with E-state index in [0.29, 0.717) is 6.42 Å². The van der Waals surface area contributed by atoms with Gasteiger partial charge in [-0.25, -0.2) is 0 Å². The van der Waals surface area contributed by atoms with Gasteiger partial charge in [0, 0.05) is 31.5 Å². The fraction of sp³-hybridized carbons (Fsp3) is 0.323. The van der Waals surface area contributed by atoms with Crippen molar-refractivity contribution in [3.8, 4) is 0 Å². The minimum Gasteiger partial charge on any atom is -0.378 e. The van der Waals surface area contributed by atoms with Crippen molar-refractivity contribution >= 4 is 16.9 Å². The second-order valence-electron chi connectivity index (χ2n) is 10.2. The number of rotatable bonds is 6. The third-order valence-corrected chi connectivity index (χ3v) is 8.18. The SMILES string of the molecule is CO[C@@H]1[C@@H](NC(=O)Cc2ccccc2)c2ccccc2C12CCN(Cc1cccc3nccnc13)CC2. The monoisotopic (exact) mass is 492 g/mol. The molecule has 1 aliphatic heterocycles. The summed E-state index contributed by atoms with van der Waals surface area (Å²) in [5.74, 6) is 0.0274. The average Bonchev–Trinajstić information content (AvgIpc) is 3.19. The van der Waals surface area contributed by atoms with Crippen LogP contribution in [0.1, 0.15) is 41.1 Å². The number of benzene rings is 3. The lowest BCUT2D eigenvalue weighted by Gasteiger charge is -2.44. The Morgan fingerprint density at radius 2 is 1.73 bits per heavy atom. The summed E-state index contributed by atoms with van der Waals surface area (Å²) in [5.41, 5.74) is 6.53. The van der Waals surface area contributed by atoms with Gasteiger partial charge in [-0.05, 0) is 54.3 Å². The number of aromatic nitrogens is 2. The first kappa shape index (κ1) is 23.8. The summed E-state index contributed by atoms with van der Waals surface area (Å²) in [5, 5.41) is 3.33. The number of carbonyl (C=O) groups is 1. The van der Waals surface area contributed by atoms with Crippen molar-refractivity contribution in [2.75, 3.05) is 20.2 Å². The molecule has 3 aromatic carbocycles. The molecule has 188 valence electrons. The van der Waals surface area contributed by atoms with E-state index in [0.717, 1.165) is 49.1 Å². The number of nitrogens with zero attached hydrogens (tertiary/aromatic N) is 3. The molecule has 1 fully saturated rings. The number of carbonyl (C=O) groups excluding carboxylic acids is 1. The molecule has 6 rings (SSSR count). The Hall–Kier alpha value is -3.61. The minimum atomic E-state index is -0.155. The van der Waals surface area contributed by atoms with Crippen LogP contribution in [0.5, 0.6) is 0 Å². The molecule has 0 radical (unpaired) electrons. The van der Waals surface area contributed by atoms with Gasteiger partial charge in [-0.15, -0.1) is 0 Å². The number of methoxy groups -OCH3 is 1. The van der Waals surface area contributed by atoms with E-state index in [1.807, 2.05) is 36.4 Å². The van der Waals surface area contributed by atoms with Crippen LogP contribution in [0.15, 0.2) is 85.2 Å². The number of hydrogen-bond acceptors (Lipinski definition) is 5. The van der Waals surface area contributed by atoms with Gasteiger partial charge in [0.15, 0.2) is 0 Å². The number of fused-ring (bicyclic) bond motifs is 3. The fourth-order valence-corrected chi connectivity index (χ4v) is 6.46. The summed E-state index contributed by atoms with van der Waals surface area (Å²) in [7, 11) is 1.79. The van der Waals surface area contributed by atoms with Crippen molar-refractivity contribution in [1.82, 2.24) is 20.2 Å². The second-order valence-corrected chi connectivity index (χ2v) is 10.2. The molecule has 1 spiro atoms. The van der Waals surface area contributed by atoms with Crippen LogP contribution in [-0.2, 0) is 27.9 Å². The van der Waals surface area contributed by atoms with Crippen molar-refractivity contribution in [3.63, 3.8) is 0 Å². The molecular weight excluding hydrogens is 460 g/mol. The highest BCUT2D eigenvalue weighted by Gasteiger charge is 2.53. The van der Waals surface area contributed by atoms with Crippen LogP contribution in [0.25, 0.3) is 11.0 Å². The largest absolute Gasteiger partial charge is 0.378 e. The van der Waals surface area contributed by atoms with E-state index < -0.39 is 0 Å². The van der Waals surface area contributed by atoms with Crippen LogP contribution in [0.3, 0.4) is 0 Å². The smallest absolute Gasteiger partial charge is 0.224 e. The molecule has 37 heavy (non-hydrogen) atoms. The first-order chi connectivity index (χ1) is 18.2. The maximum Gasteiger partial charge on any atom is 0.224 e. The van der Waals surface area contributed by atoms with E-state index in [-0.39, 0.29) is 23.5 Å². The highest BCUT2D eigenvalue weighted by Crippen LogP contribution is 2.52. The molecule has 0 saturated carbocycles. The van der Waals surface area contributed by atoms with E-state index in [2.05, 4.69) is 56.6 Å². The molecule has 1 saturated heterocycles. The maximum absolute atomic E-state index is 13.1. The maximum atomic E-state index is 13.1. The predicted octanol–water partition coefficient (Wildman–Crippen LogP) is 4.59. The van der Waals surface area contributed by atoms with Crippen molar-refractivity contribution in [2.24, 2.45) is 0 Å². The van der Waals surface area contributed by atoms with Crippen LogP contribution >= 0.6 is 0 Å². The summed E-state index contributed by atoms with van der Waals surface area (Å²) in [4.78, 5) is 24.6. The quantitative estimate of drug-likeness (QED) is 0.426. The summed E-state index contributed by atoms with van der Waals surface area (Å²) in [6, 6.07) is 24.6. The molecule has 2 atom stereocenters. The molecule has 1 aliphatic carbocycles. The first-order valence-electron chi connectivity index (χ1n) is 13.0. The molecule has 1 amide bonds. The molecule has 0 unspecified atom stereocenters. The highest BCUT2D eigenvalue weighted by atomic mass is 16.5. The van der Waals surface area contributed by atoms with Gasteiger partial charge in [0.1, 0.15) is 0 Å². The van der Waals surface area contributed by atoms with Crippen molar-refractivity contribution in [2.45, 2.75) is 43.4 Å². The van der Waals surface area contributed by atoms with Crippen LogP contribution < -0.4 is 5.32 Å². The highest BCUT2D eigenvalue weighted by molar-refractivity contribution is 5.79. The lowest BCUT2D eigenvalue weighted by atomic mass is 9.71. The molecule has 2 heterocycles. The molecule has 0 bridgehead atoms. The topological polar surface area (TPSA) is 67.3 Å². The number of piperidine rings is 1. The number of likely N-dealkylation sites (tertiary alicyclic amines) is 1. The summed E-state index contributed by atoms with van der Waals surface area (Å²) in [6.45, 7) is 2.76. The molecule has 1 N–H and O–H groups in total. The molecule has 2 aliphatic rings. The zero-order chi connectivity index (χ0) is 25.2. The van der Waals surface area contributed by atoms with E-state index in [4.69, 9.17) is 4.74 Å². The number of ether oxygens (including phenoxy) is 1.